The van der Waals surface area contributed by atoms with E-state index in [0.717, 1.165) is 54.6 Å². The van der Waals surface area contributed by atoms with Gasteiger partial charge in [0.2, 0.25) is 0 Å². The van der Waals surface area contributed by atoms with Crippen molar-refractivity contribution in [3.05, 3.63) is 54.1 Å². The summed E-state index contributed by atoms with van der Waals surface area (Å²) in [4.78, 5) is 2.35. The number of methoxy groups -OCH3 is 2. The Morgan fingerprint density at radius 2 is 1.56 bits per heavy atom. The van der Waals surface area contributed by atoms with Crippen molar-refractivity contribution in [3.8, 4) is 11.5 Å². The van der Waals surface area contributed by atoms with E-state index in [2.05, 4.69) is 29.0 Å². The van der Waals surface area contributed by atoms with E-state index in [1.165, 1.54) is 0 Å². The SMILES string of the molecule is COc1ccc(/C(C)=N/N2CCN(c3ccccc3OC)CC2)cc1. The highest BCUT2D eigenvalue weighted by molar-refractivity contribution is 5.98. The maximum atomic E-state index is 5.47. The van der Waals surface area contributed by atoms with Crippen molar-refractivity contribution >= 4 is 11.4 Å². The lowest BCUT2D eigenvalue weighted by atomic mass is 10.1. The molecule has 0 aromatic heterocycles. The normalized spacial score (nSPS) is 15.2. The second kappa shape index (κ2) is 7.92. The first kappa shape index (κ1) is 17.1. The number of piperazine rings is 1. The fraction of sp³-hybridized carbons (Fsp3) is 0.350. The van der Waals surface area contributed by atoms with Crippen LogP contribution >= 0.6 is 0 Å². The van der Waals surface area contributed by atoms with Gasteiger partial charge in [0, 0.05) is 13.1 Å². The molecule has 0 amide bonds. The molecule has 5 heteroatoms. The molecule has 0 N–H and O–H groups in total. The van der Waals surface area contributed by atoms with Crippen molar-refractivity contribution in [1.29, 1.82) is 0 Å². The third-order valence-corrected chi connectivity index (χ3v) is 4.48. The van der Waals surface area contributed by atoms with Crippen LogP contribution in [0.5, 0.6) is 11.5 Å². The standard InChI is InChI=1S/C20H25N3O2/c1-16(17-8-10-18(24-2)11-9-17)21-23-14-12-22(13-15-23)19-6-4-5-7-20(19)25-3/h4-11H,12-15H2,1-3H3/b21-16+. The van der Waals surface area contributed by atoms with Crippen LogP contribution in [0.2, 0.25) is 0 Å². The summed E-state index contributed by atoms with van der Waals surface area (Å²) in [5, 5.41) is 6.93. The Hall–Kier alpha value is -2.69. The Bertz CT molecular complexity index is 720. The Morgan fingerprint density at radius 1 is 0.880 bits per heavy atom. The largest absolute Gasteiger partial charge is 0.497 e. The smallest absolute Gasteiger partial charge is 0.142 e. The molecule has 0 unspecified atom stereocenters. The number of hydrogen-bond donors (Lipinski definition) is 0. The zero-order valence-electron chi connectivity index (χ0n) is 15.1. The molecule has 0 aliphatic carbocycles. The lowest BCUT2D eigenvalue weighted by Gasteiger charge is -2.35. The van der Waals surface area contributed by atoms with Gasteiger partial charge < -0.3 is 14.4 Å². The predicted molar refractivity (Wildman–Crippen MR) is 102 cm³/mol. The fourth-order valence-electron chi connectivity index (χ4n) is 3.03. The summed E-state index contributed by atoms with van der Waals surface area (Å²) < 4.78 is 10.7. The Morgan fingerprint density at radius 3 is 2.20 bits per heavy atom. The summed E-state index contributed by atoms with van der Waals surface area (Å²) in [6.45, 7) is 5.70. The first-order chi connectivity index (χ1) is 12.2. The molecule has 0 atom stereocenters. The van der Waals surface area contributed by atoms with E-state index in [4.69, 9.17) is 14.6 Å². The maximum absolute atomic E-state index is 5.47. The van der Waals surface area contributed by atoms with Crippen LogP contribution in [0.1, 0.15) is 12.5 Å². The summed E-state index contributed by atoms with van der Waals surface area (Å²) >= 11 is 0. The van der Waals surface area contributed by atoms with Crippen LogP contribution in [0.3, 0.4) is 0 Å². The molecule has 0 spiro atoms. The molecule has 5 nitrogen and oxygen atoms in total. The van der Waals surface area contributed by atoms with Crippen LogP contribution in [-0.4, -0.2) is 51.1 Å². The van der Waals surface area contributed by atoms with E-state index in [9.17, 15) is 0 Å². The lowest BCUT2D eigenvalue weighted by molar-refractivity contribution is 0.269. The second-order valence-electron chi connectivity index (χ2n) is 6.03. The molecule has 3 rings (SSSR count). The van der Waals surface area contributed by atoms with E-state index < -0.39 is 0 Å². The van der Waals surface area contributed by atoms with Gasteiger partial charge in [-0.25, -0.2) is 0 Å². The number of rotatable bonds is 5. The Balaban J connectivity index is 1.63. The van der Waals surface area contributed by atoms with Gasteiger partial charge in [-0.15, -0.1) is 0 Å². The summed E-state index contributed by atoms with van der Waals surface area (Å²) in [7, 11) is 3.40. The average Bonchev–Trinajstić information content (AvgIpc) is 2.68. The minimum absolute atomic E-state index is 0.863. The zero-order chi connectivity index (χ0) is 17.6. The van der Waals surface area contributed by atoms with Crippen molar-refractivity contribution in [2.24, 2.45) is 5.10 Å². The molecule has 1 aliphatic rings. The first-order valence-corrected chi connectivity index (χ1v) is 8.54. The van der Waals surface area contributed by atoms with Gasteiger partial charge in [-0.3, -0.25) is 5.01 Å². The van der Waals surface area contributed by atoms with E-state index in [0.29, 0.717) is 0 Å². The van der Waals surface area contributed by atoms with Gasteiger partial charge in [0.25, 0.3) is 0 Å². The van der Waals surface area contributed by atoms with Gasteiger partial charge in [-0.2, -0.15) is 5.10 Å². The highest BCUT2D eigenvalue weighted by atomic mass is 16.5. The summed E-state index contributed by atoms with van der Waals surface area (Å²) in [6, 6.07) is 16.2. The third kappa shape index (κ3) is 4.05. The molecule has 1 heterocycles. The van der Waals surface area contributed by atoms with Gasteiger partial charge >= 0.3 is 0 Å². The molecule has 2 aromatic rings. The van der Waals surface area contributed by atoms with Crippen LogP contribution < -0.4 is 14.4 Å². The van der Waals surface area contributed by atoms with Gasteiger partial charge in [0.15, 0.2) is 0 Å². The van der Waals surface area contributed by atoms with E-state index in [-0.39, 0.29) is 0 Å². The first-order valence-electron chi connectivity index (χ1n) is 8.54. The zero-order valence-corrected chi connectivity index (χ0v) is 15.1. The fourth-order valence-corrected chi connectivity index (χ4v) is 3.03. The van der Waals surface area contributed by atoms with Crippen molar-refractivity contribution in [1.82, 2.24) is 5.01 Å². The van der Waals surface area contributed by atoms with Crippen molar-refractivity contribution in [2.45, 2.75) is 6.92 Å². The number of anilines is 1. The predicted octanol–water partition coefficient (Wildman–Crippen LogP) is 3.25. The molecule has 132 valence electrons. The van der Waals surface area contributed by atoms with Crippen LogP contribution in [0.4, 0.5) is 5.69 Å². The third-order valence-electron chi connectivity index (χ3n) is 4.48. The number of hydrogen-bond acceptors (Lipinski definition) is 5. The lowest BCUT2D eigenvalue weighted by Crippen LogP contribution is -2.44. The molecule has 0 saturated carbocycles. The topological polar surface area (TPSA) is 37.3 Å². The van der Waals surface area contributed by atoms with E-state index in [1.807, 2.05) is 36.4 Å². The highest BCUT2D eigenvalue weighted by Crippen LogP contribution is 2.28. The summed E-state index contributed by atoms with van der Waals surface area (Å²) in [5.41, 5.74) is 3.29. The number of nitrogens with zero attached hydrogens (tertiary/aromatic N) is 3. The van der Waals surface area contributed by atoms with E-state index in [1.54, 1.807) is 14.2 Å². The van der Waals surface area contributed by atoms with Crippen LogP contribution in [0, 0.1) is 0 Å². The van der Waals surface area contributed by atoms with Crippen LogP contribution in [0.15, 0.2) is 53.6 Å². The van der Waals surface area contributed by atoms with Gasteiger partial charge in [-0.05, 0) is 48.9 Å². The minimum Gasteiger partial charge on any atom is -0.497 e. The van der Waals surface area contributed by atoms with Gasteiger partial charge in [-0.1, -0.05) is 12.1 Å². The molecule has 2 aromatic carbocycles. The van der Waals surface area contributed by atoms with Crippen LogP contribution in [0.25, 0.3) is 0 Å². The Labute approximate surface area is 149 Å². The molecule has 1 saturated heterocycles. The number of hydrazone groups is 1. The highest BCUT2D eigenvalue weighted by Gasteiger charge is 2.18. The molecule has 0 radical (unpaired) electrons. The molecule has 1 fully saturated rings. The molecular weight excluding hydrogens is 314 g/mol. The monoisotopic (exact) mass is 339 g/mol. The maximum Gasteiger partial charge on any atom is 0.142 e. The summed E-state index contributed by atoms with van der Waals surface area (Å²) in [6.07, 6.45) is 0. The quantitative estimate of drug-likeness (QED) is 0.784. The number of para-hydroxylation sites is 2. The molecular formula is C20H25N3O2. The van der Waals surface area contributed by atoms with Crippen molar-refractivity contribution in [3.63, 3.8) is 0 Å². The average molecular weight is 339 g/mol. The van der Waals surface area contributed by atoms with Gasteiger partial charge in [0.05, 0.1) is 38.7 Å². The molecule has 1 aliphatic heterocycles. The van der Waals surface area contributed by atoms with E-state index >= 15 is 0 Å². The second-order valence-corrected chi connectivity index (χ2v) is 6.03. The molecule has 0 bridgehead atoms. The van der Waals surface area contributed by atoms with Crippen molar-refractivity contribution in [2.75, 3.05) is 45.3 Å². The Kier molecular flexibility index (Phi) is 5.43. The number of benzene rings is 2. The number of ether oxygens (including phenoxy) is 2. The molecule has 25 heavy (non-hydrogen) atoms. The summed E-state index contributed by atoms with van der Waals surface area (Å²) in [5.74, 6) is 1.79. The van der Waals surface area contributed by atoms with Crippen molar-refractivity contribution < 1.29 is 9.47 Å². The van der Waals surface area contributed by atoms with Gasteiger partial charge in [0.1, 0.15) is 11.5 Å². The minimum atomic E-state index is 0.863. The van der Waals surface area contributed by atoms with Crippen LogP contribution in [-0.2, 0) is 0 Å².